The molecule has 0 amide bonds. The van der Waals surface area contributed by atoms with E-state index in [9.17, 15) is 0 Å². The molecular formula is C11H7N3. The third-order valence-electron chi connectivity index (χ3n) is 1.91. The predicted molar refractivity (Wildman–Crippen MR) is 49.5 cm³/mol. The second-order valence-corrected chi connectivity index (χ2v) is 2.75. The van der Waals surface area contributed by atoms with Gasteiger partial charge >= 0.3 is 0 Å². The van der Waals surface area contributed by atoms with Gasteiger partial charge in [0, 0.05) is 0 Å². The van der Waals surface area contributed by atoms with E-state index in [2.05, 4.69) is 0 Å². The molecule has 3 heteroatoms. The normalized spacial score (nSPS) is 11.0. The molecule has 0 fully saturated rings. The Bertz CT molecular complexity index is 403. The quantitative estimate of drug-likeness (QED) is 0.700. The molecule has 14 heavy (non-hydrogen) atoms. The molecule has 0 N–H and O–H groups in total. The Balaban J connectivity index is 3.03. The fourth-order valence-electron chi connectivity index (χ4n) is 1.18. The van der Waals surface area contributed by atoms with Crippen LogP contribution in [0.4, 0.5) is 0 Å². The maximum atomic E-state index is 8.86. The molecule has 0 aliphatic carbocycles. The molecule has 1 atom stereocenters. The van der Waals surface area contributed by atoms with Crippen molar-refractivity contribution in [3.8, 4) is 18.2 Å². The topological polar surface area (TPSA) is 71.4 Å². The summed E-state index contributed by atoms with van der Waals surface area (Å²) in [6.07, 6.45) is 0. The van der Waals surface area contributed by atoms with Crippen LogP contribution in [-0.2, 0) is 0 Å². The van der Waals surface area contributed by atoms with Crippen LogP contribution in [0.1, 0.15) is 11.5 Å². The lowest BCUT2D eigenvalue weighted by molar-refractivity contribution is 0.745. The average molecular weight is 181 g/mol. The summed E-state index contributed by atoms with van der Waals surface area (Å²) in [5.41, 5.74) is 0.711. The molecule has 0 unspecified atom stereocenters. The van der Waals surface area contributed by atoms with Crippen LogP contribution in [0.15, 0.2) is 30.3 Å². The van der Waals surface area contributed by atoms with Crippen molar-refractivity contribution in [1.82, 2.24) is 0 Å². The lowest BCUT2D eigenvalue weighted by Gasteiger charge is -2.08. The van der Waals surface area contributed by atoms with E-state index in [1.54, 1.807) is 24.3 Å². The van der Waals surface area contributed by atoms with Crippen molar-refractivity contribution >= 4 is 0 Å². The van der Waals surface area contributed by atoms with E-state index in [4.69, 9.17) is 15.8 Å². The highest BCUT2D eigenvalue weighted by Crippen LogP contribution is 2.22. The summed E-state index contributed by atoms with van der Waals surface area (Å²) in [5.74, 6) is -1.56. The highest BCUT2D eigenvalue weighted by Gasteiger charge is 2.21. The number of hydrogen-bond donors (Lipinski definition) is 0. The standard InChI is InChI=1S/C11H7N3/c12-6-10(7-13)11(8-14)9-4-2-1-3-5-9/h1-5,10-11H/t11-/m0/s1. The van der Waals surface area contributed by atoms with E-state index < -0.39 is 11.8 Å². The predicted octanol–water partition coefficient (Wildman–Crippen LogP) is 1.96. The van der Waals surface area contributed by atoms with Gasteiger partial charge in [-0.2, -0.15) is 15.8 Å². The van der Waals surface area contributed by atoms with Crippen molar-refractivity contribution < 1.29 is 0 Å². The summed E-state index contributed by atoms with van der Waals surface area (Å²) >= 11 is 0. The minimum absolute atomic E-state index is 0.661. The van der Waals surface area contributed by atoms with Crippen LogP contribution in [0, 0.1) is 39.9 Å². The molecule has 0 heterocycles. The molecular weight excluding hydrogens is 174 g/mol. The Kier molecular flexibility index (Phi) is 3.25. The van der Waals surface area contributed by atoms with Gasteiger partial charge in [-0.1, -0.05) is 30.3 Å². The minimum Gasteiger partial charge on any atom is -0.198 e. The van der Waals surface area contributed by atoms with Gasteiger partial charge in [-0.25, -0.2) is 0 Å². The second kappa shape index (κ2) is 4.65. The molecule has 1 rings (SSSR count). The van der Waals surface area contributed by atoms with Gasteiger partial charge in [0.2, 0.25) is 0 Å². The first-order valence-electron chi connectivity index (χ1n) is 4.07. The highest BCUT2D eigenvalue weighted by molar-refractivity contribution is 5.30. The summed E-state index contributed by atoms with van der Waals surface area (Å²) in [6.45, 7) is 0. The molecule has 0 saturated heterocycles. The van der Waals surface area contributed by atoms with Gasteiger partial charge in [-0.3, -0.25) is 0 Å². The smallest absolute Gasteiger partial charge is 0.153 e. The van der Waals surface area contributed by atoms with E-state index in [0.717, 1.165) is 0 Å². The Hall–Kier alpha value is -2.31. The van der Waals surface area contributed by atoms with Crippen molar-refractivity contribution in [3.05, 3.63) is 35.9 Å². The van der Waals surface area contributed by atoms with Crippen molar-refractivity contribution in [2.45, 2.75) is 5.92 Å². The zero-order chi connectivity index (χ0) is 10.4. The number of benzene rings is 1. The Morgan fingerprint density at radius 3 is 1.86 bits per heavy atom. The Morgan fingerprint density at radius 1 is 0.857 bits per heavy atom. The van der Waals surface area contributed by atoms with Crippen LogP contribution < -0.4 is 0 Å². The van der Waals surface area contributed by atoms with Crippen molar-refractivity contribution in [3.63, 3.8) is 0 Å². The Labute approximate surface area is 82.4 Å². The summed E-state index contributed by atoms with van der Waals surface area (Å²) in [7, 11) is 0. The number of nitriles is 3. The van der Waals surface area contributed by atoms with Crippen molar-refractivity contribution in [2.75, 3.05) is 0 Å². The molecule has 3 nitrogen and oxygen atoms in total. The third-order valence-corrected chi connectivity index (χ3v) is 1.91. The molecule has 0 aliphatic rings. The average Bonchev–Trinajstić information content (AvgIpc) is 2.27. The SMILES string of the molecule is N#CC(C#N)[C@@H](C#N)c1ccccc1. The molecule has 1 aromatic carbocycles. The second-order valence-electron chi connectivity index (χ2n) is 2.75. The number of rotatable bonds is 2. The lowest BCUT2D eigenvalue weighted by Crippen LogP contribution is -2.07. The molecule has 0 spiro atoms. The molecule has 0 bridgehead atoms. The first-order valence-corrected chi connectivity index (χ1v) is 4.07. The van der Waals surface area contributed by atoms with Gasteiger partial charge in [-0.05, 0) is 5.56 Å². The summed E-state index contributed by atoms with van der Waals surface area (Å²) < 4.78 is 0. The molecule has 0 radical (unpaired) electrons. The fraction of sp³-hybridized carbons (Fsp3) is 0.182. The zero-order valence-electron chi connectivity index (χ0n) is 7.38. The number of nitrogens with zero attached hydrogens (tertiary/aromatic N) is 3. The van der Waals surface area contributed by atoms with Crippen LogP contribution in [0.3, 0.4) is 0 Å². The largest absolute Gasteiger partial charge is 0.198 e. The first-order chi connectivity index (χ1) is 6.83. The van der Waals surface area contributed by atoms with Gasteiger partial charge < -0.3 is 0 Å². The maximum absolute atomic E-state index is 8.86. The lowest BCUT2D eigenvalue weighted by atomic mass is 9.89. The van der Waals surface area contributed by atoms with E-state index in [-0.39, 0.29) is 0 Å². The van der Waals surface area contributed by atoms with Crippen molar-refractivity contribution in [2.24, 2.45) is 5.92 Å². The molecule has 0 aliphatic heterocycles. The minimum atomic E-state index is -0.901. The van der Waals surface area contributed by atoms with Gasteiger partial charge in [0.1, 0.15) is 5.92 Å². The van der Waals surface area contributed by atoms with E-state index in [0.29, 0.717) is 5.56 Å². The third kappa shape index (κ3) is 1.89. The van der Waals surface area contributed by atoms with Gasteiger partial charge in [-0.15, -0.1) is 0 Å². The van der Waals surface area contributed by atoms with Crippen LogP contribution >= 0.6 is 0 Å². The fourth-order valence-corrected chi connectivity index (χ4v) is 1.18. The molecule has 0 saturated carbocycles. The van der Waals surface area contributed by atoms with Gasteiger partial charge in [0.05, 0.1) is 18.2 Å². The van der Waals surface area contributed by atoms with E-state index in [1.165, 1.54) is 0 Å². The Morgan fingerprint density at radius 2 is 1.43 bits per heavy atom. The highest BCUT2D eigenvalue weighted by atomic mass is 14.4. The van der Waals surface area contributed by atoms with Gasteiger partial charge in [0.15, 0.2) is 5.92 Å². The van der Waals surface area contributed by atoms with E-state index >= 15 is 0 Å². The van der Waals surface area contributed by atoms with E-state index in [1.807, 2.05) is 24.3 Å². The van der Waals surface area contributed by atoms with Crippen molar-refractivity contribution in [1.29, 1.82) is 15.8 Å². The maximum Gasteiger partial charge on any atom is 0.153 e. The van der Waals surface area contributed by atoms with Crippen LogP contribution in [0.2, 0.25) is 0 Å². The number of hydrogen-bond acceptors (Lipinski definition) is 3. The monoisotopic (exact) mass is 181 g/mol. The molecule has 0 aromatic heterocycles. The summed E-state index contributed by atoms with van der Waals surface area (Å²) in [5, 5.41) is 26.2. The van der Waals surface area contributed by atoms with Gasteiger partial charge in [0.25, 0.3) is 0 Å². The zero-order valence-corrected chi connectivity index (χ0v) is 7.38. The molecule has 66 valence electrons. The molecule has 1 aromatic rings. The van der Waals surface area contributed by atoms with Crippen LogP contribution in [0.25, 0.3) is 0 Å². The summed E-state index contributed by atoms with van der Waals surface area (Å²) in [6, 6.07) is 14.5. The first kappa shape index (κ1) is 9.78. The van der Waals surface area contributed by atoms with Crippen LogP contribution in [0.5, 0.6) is 0 Å². The summed E-state index contributed by atoms with van der Waals surface area (Å²) in [4.78, 5) is 0. The van der Waals surface area contributed by atoms with Crippen LogP contribution in [-0.4, -0.2) is 0 Å².